The Morgan fingerprint density at radius 3 is 2.46 bits per heavy atom. The number of carbonyl (C=O) groups excluding carboxylic acids is 3. The van der Waals surface area contributed by atoms with Crippen LogP contribution >= 0.6 is 0 Å². The molecule has 2 radical (unpaired) electrons. The molecule has 1 aromatic rings. The average molecular weight is 334 g/mol. The summed E-state index contributed by atoms with van der Waals surface area (Å²) in [5, 5.41) is 4.89. The van der Waals surface area contributed by atoms with Crippen LogP contribution < -0.4 is 15.3 Å². The Kier molecular flexibility index (Phi) is 7.77. The van der Waals surface area contributed by atoms with E-state index in [-0.39, 0.29) is 23.8 Å². The summed E-state index contributed by atoms with van der Waals surface area (Å²) in [4.78, 5) is 34.7. The second kappa shape index (κ2) is 9.56. The van der Waals surface area contributed by atoms with E-state index < -0.39 is 18.0 Å². The Morgan fingerprint density at radius 1 is 1.21 bits per heavy atom. The van der Waals surface area contributed by atoms with Gasteiger partial charge in [0.25, 0.3) is 0 Å². The molecule has 1 atom stereocenters. The molecule has 1 rings (SSSR count). The molecule has 0 spiro atoms. The van der Waals surface area contributed by atoms with Crippen LogP contribution in [0.2, 0.25) is 0 Å². The van der Waals surface area contributed by atoms with Gasteiger partial charge in [-0.25, -0.2) is 9.59 Å². The fourth-order valence-corrected chi connectivity index (χ4v) is 1.96. The van der Waals surface area contributed by atoms with Gasteiger partial charge >= 0.3 is 11.9 Å². The maximum Gasteiger partial charge on any atom is 0.343 e. The lowest BCUT2D eigenvalue weighted by molar-refractivity contribution is -0.142. The molecule has 2 N–H and O–H groups in total. The summed E-state index contributed by atoms with van der Waals surface area (Å²) >= 11 is 0. The Bertz CT molecular complexity index is 608. The van der Waals surface area contributed by atoms with Gasteiger partial charge in [-0.05, 0) is 31.2 Å². The molecule has 0 saturated carbocycles. The van der Waals surface area contributed by atoms with Crippen molar-refractivity contribution in [1.29, 1.82) is 0 Å². The molecule has 0 bridgehead atoms. The molecular formula is C15H19BN2O6. The molecule has 0 heterocycles. The van der Waals surface area contributed by atoms with Crippen LogP contribution in [-0.2, 0) is 25.5 Å². The van der Waals surface area contributed by atoms with Crippen molar-refractivity contribution in [2.75, 3.05) is 27.9 Å². The van der Waals surface area contributed by atoms with Gasteiger partial charge in [0.2, 0.25) is 13.9 Å². The van der Waals surface area contributed by atoms with Gasteiger partial charge in [-0.1, -0.05) is 6.07 Å². The van der Waals surface area contributed by atoms with Gasteiger partial charge in [0.1, 0.15) is 11.3 Å². The predicted octanol–water partition coefficient (Wildman–Crippen LogP) is -0.645. The van der Waals surface area contributed by atoms with E-state index in [1.54, 1.807) is 13.1 Å². The van der Waals surface area contributed by atoms with Crippen molar-refractivity contribution in [3.63, 3.8) is 0 Å². The minimum Gasteiger partial charge on any atom is -0.481 e. The molecule has 0 aliphatic carbocycles. The normalized spacial score (nSPS) is 11.3. The van der Waals surface area contributed by atoms with Gasteiger partial charge < -0.3 is 24.8 Å². The molecular weight excluding hydrogens is 315 g/mol. The van der Waals surface area contributed by atoms with Crippen molar-refractivity contribution in [3.8, 4) is 5.75 Å². The summed E-state index contributed by atoms with van der Waals surface area (Å²) in [6.07, 6.45) is 0.292. The maximum absolute atomic E-state index is 11.9. The van der Waals surface area contributed by atoms with E-state index in [1.165, 1.54) is 26.4 Å². The lowest BCUT2D eigenvalue weighted by atomic mass is 10.0. The second-order valence-electron chi connectivity index (χ2n) is 4.74. The first-order valence-electron chi connectivity index (χ1n) is 7.05. The molecule has 9 heteroatoms. The summed E-state index contributed by atoms with van der Waals surface area (Å²) in [5.74, 6) is -1.41. The third-order valence-corrected chi connectivity index (χ3v) is 3.27. The van der Waals surface area contributed by atoms with Crippen LogP contribution in [0, 0.1) is 0 Å². The Hall–Kier alpha value is -2.55. The van der Waals surface area contributed by atoms with E-state index in [4.69, 9.17) is 17.5 Å². The Balaban J connectivity index is 3.03. The van der Waals surface area contributed by atoms with Gasteiger partial charge in [-0.3, -0.25) is 4.79 Å². The van der Waals surface area contributed by atoms with Gasteiger partial charge in [-0.2, -0.15) is 0 Å². The van der Waals surface area contributed by atoms with E-state index in [0.717, 1.165) is 0 Å². The van der Waals surface area contributed by atoms with Gasteiger partial charge in [0.05, 0.1) is 20.3 Å². The fraction of sp³-hybridized carbons (Fsp3) is 0.400. The Morgan fingerprint density at radius 2 is 1.92 bits per heavy atom. The summed E-state index contributed by atoms with van der Waals surface area (Å²) in [5.41, 5.74) is 0.825. The number of esters is 2. The number of nitrogens with one attached hydrogen (secondary N) is 2. The highest BCUT2D eigenvalue weighted by Crippen LogP contribution is 2.22. The van der Waals surface area contributed by atoms with Gasteiger partial charge in [-0.15, -0.1) is 0 Å². The largest absolute Gasteiger partial charge is 0.481 e. The smallest absolute Gasteiger partial charge is 0.343 e. The highest BCUT2D eigenvalue weighted by molar-refractivity contribution is 6.15. The van der Waals surface area contributed by atoms with E-state index in [2.05, 4.69) is 15.3 Å². The number of rotatable bonds is 8. The number of hydrogen-bond donors (Lipinski definition) is 2. The van der Waals surface area contributed by atoms with E-state index in [1.807, 2.05) is 0 Å². The third kappa shape index (κ3) is 5.27. The van der Waals surface area contributed by atoms with E-state index in [9.17, 15) is 14.4 Å². The number of carbonyl (C=O) groups is 3. The zero-order valence-electron chi connectivity index (χ0n) is 13.8. The van der Waals surface area contributed by atoms with Crippen molar-refractivity contribution >= 4 is 25.8 Å². The topological polar surface area (TPSA) is 103 Å². The van der Waals surface area contributed by atoms with Crippen molar-refractivity contribution < 1.29 is 28.6 Å². The van der Waals surface area contributed by atoms with Crippen molar-refractivity contribution in [2.45, 2.75) is 12.5 Å². The molecule has 0 aliphatic rings. The highest BCUT2D eigenvalue weighted by Gasteiger charge is 2.19. The molecule has 0 unspecified atom stereocenters. The summed E-state index contributed by atoms with van der Waals surface area (Å²) in [7, 11) is 9.22. The number of ether oxygens (including phenoxy) is 3. The van der Waals surface area contributed by atoms with Crippen LogP contribution in [0.25, 0.3) is 0 Å². The van der Waals surface area contributed by atoms with Crippen LogP contribution in [0.15, 0.2) is 18.2 Å². The lowest BCUT2D eigenvalue weighted by Gasteiger charge is -2.16. The first-order valence-corrected chi connectivity index (χ1v) is 7.05. The lowest BCUT2D eigenvalue weighted by Crippen LogP contribution is -2.43. The van der Waals surface area contributed by atoms with Gasteiger partial charge in [0.15, 0.2) is 6.61 Å². The van der Waals surface area contributed by atoms with Crippen molar-refractivity contribution in [2.24, 2.45) is 0 Å². The standard InChI is InChI=1S/C15H19BN2O6/c1-17-11(14(20)18-16)7-9-4-5-12(24-8-13(19)22-2)10(6-9)15(21)23-3/h4-6,11,17H,7-8H2,1-3H3,(H,18,20)/t11-/m0/s1. The second-order valence-corrected chi connectivity index (χ2v) is 4.74. The van der Waals surface area contributed by atoms with Gasteiger partial charge in [0, 0.05) is 0 Å². The van der Waals surface area contributed by atoms with Crippen LogP contribution in [0.1, 0.15) is 15.9 Å². The number of methoxy groups -OCH3 is 2. The average Bonchev–Trinajstić information content (AvgIpc) is 2.62. The first kappa shape index (κ1) is 19.5. The molecule has 24 heavy (non-hydrogen) atoms. The van der Waals surface area contributed by atoms with Crippen LogP contribution in [0.3, 0.4) is 0 Å². The summed E-state index contributed by atoms with van der Waals surface area (Å²) in [6, 6.07) is 4.17. The van der Waals surface area contributed by atoms with Crippen molar-refractivity contribution in [3.05, 3.63) is 29.3 Å². The number of amides is 1. The number of benzene rings is 1. The molecule has 0 aliphatic heterocycles. The zero-order valence-corrected chi connectivity index (χ0v) is 13.8. The molecule has 0 aromatic heterocycles. The molecule has 1 amide bonds. The van der Waals surface area contributed by atoms with E-state index >= 15 is 0 Å². The minimum absolute atomic E-state index is 0.141. The summed E-state index contributed by atoms with van der Waals surface area (Å²) in [6.45, 7) is -0.339. The highest BCUT2D eigenvalue weighted by atomic mass is 16.6. The number of likely N-dealkylation sites (N-methyl/N-ethyl adjacent to an activating group) is 1. The predicted molar refractivity (Wildman–Crippen MR) is 85.7 cm³/mol. The van der Waals surface area contributed by atoms with Crippen LogP contribution in [0.4, 0.5) is 0 Å². The minimum atomic E-state index is -0.624. The fourth-order valence-electron chi connectivity index (χ4n) is 1.96. The van der Waals surface area contributed by atoms with Crippen LogP contribution in [-0.4, -0.2) is 59.7 Å². The Labute approximate surface area is 141 Å². The molecule has 1 aromatic carbocycles. The SMILES string of the molecule is [B]NC(=O)[C@H](Cc1ccc(OCC(=O)OC)c(C(=O)OC)c1)NC. The quantitative estimate of drug-likeness (QED) is 0.481. The monoisotopic (exact) mass is 334 g/mol. The first-order chi connectivity index (χ1) is 11.5. The molecule has 8 nitrogen and oxygen atoms in total. The number of hydrogen-bond acceptors (Lipinski definition) is 7. The maximum atomic E-state index is 11.9. The summed E-state index contributed by atoms with van der Waals surface area (Å²) < 4.78 is 14.5. The van der Waals surface area contributed by atoms with Crippen LogP contribution in [0.5, 0.6) is 5.75 Å². The van der Waals surface area contributed by atoms with E-state index in [0.29, 0.717) is 12.0 Å². The van der Waals surface area contributed by atoms with Crippen molar-refractivity contribution in [1.82, 2.24) is 10.5 Å². The zero-order chi connectivity index (χ0) is 18.1. The molecule has 0 fully saturated rings. The molecule has 0 saturated heterocycles. The molecule has 128 valence electrons. The third-order valence-electron chi connectivity index (χ3n) is 3.27.